The van der Waals surface area contributed by atoms with Gasteiger partial charge in [0.1, 0.15) is 5.75 Å². The number of fused-ring (bicyclic) bond motifs is 2. The first-order valence-electron chi connectivity index (χ1n) is 10.6. The van der Waals surface area contributed by atoms with Gasteiger partial charge in [0.05, 0.1) is 0 Å². The molecule has 0 saturated heterocycles. The van der Waals surface area contributed by atoms with Crippen molar-refractivity contribution >= 4 is 57.1 Å². The second-order valence-electron chi connectivity index (χ2n) is 7.53. The second-order valence-corrected chi connectivity index (χ2v) is 7.53. The molecule has 0 bridgehead atoms. The van der Waals surface area contributed by atoms with E-state index in [4.69, 9.17) is 4.74 Å². The molecule has 0 radical (unpaired) electrons. The zero-order valence-corrected chi connectivity index (χ0v) is 17.3. The molecular weight excluding hydrogens is 403 g/mol. The molecule has 5 aromatic carbocycles. The molecule has 0 amide bonds. The number of esters is 1. The van der Waals surface area contributed by atoms with Crippen LogP contribution in [0.25, 0.3) is 43.8 Å². The minimum atomic E-state index is -0.235. The van der Waals surface area contributed by atoms with Gasteiger partial charge in [0, 0.05) is 17.4 Å². The molecular formula is C29H23NaO2. The monoisotopic (exact) mass is 426 g/mol. The van der Waals surface area contributed by atoms with E-state index in [9.17, 15) is 4.79 Å². The molecule has 3 heteroatoms. The van der Waals surface area contributed by atoms with Crippen LogP contribution in [0.4, 0.5) is 0 Å². The predicted molar refractivity (Wildman–Crippen MR) is 135 cm³/mol. The zero-order chi connectivity index (χ0) is 21.2. The van der Waals surface area contributed by atoms with Crippen molar-refractivity contribution in [2.45, 2.75) is 13.3 Å². The molecule has 0 aliphatic heterocycles. The maximum atomic E-state index is 12.3. The van der Waals surface area contributed by atoms with E-state index in [0.29, 0.717) is 12.2 Å². The van der Waals surface area contributed by atoms with Crippen molar-refractivity contribution in [3.63, 3.8) is 0 Å². The first-order valence-corrected chi connectivity index (χ1v) is 10.6. The Hall–Kier alpha value is -2.91. The summed E-state index contributed by atoms with van der Waals surface area (Å²) in [6, 6.07) is 35.2. The summed E-state index contributed by atoms with van der Waals surface area (Å²) >= 11 is 0. The molecule has 0 aliphatic rings. The molecule has 0 aliphatic carbocycles. The SMILES string of the molecule is CCC(=O)Oc1cccc2c(-c3ccccc3)c3ccccc3c(-c3ccccc3)c12.[NaH]. The first-order chi connectivity index (χ1) is 15.3. The number of carbonyl (C=O) groups excluding carboxylic acids is 1. The third-order valence-corrected chi connectivity index (χ3v) is 5.65. The number of ether oxygens (including phenoxy) is 1. The minimum absolute atomic E-state index is 0. The summed E-state index contributed by atoms with van der Waals surface area (Å²) in [6.45, 7) is 1.82. The van der Waals surface area contributed by atoms with E-state index < -0.39 is 0 Å². The zero-order valence-electron chi connectivity index (χ0n) is 17.3. The summed E-state index contributed by atoms with van der Waals surface area (Å²) in [4.78, 5) is 12.3. The Balaban J connectivity index is 0.00000245. The maximum absolute atomic E-state index is 12.3. The van der Waals surface area contributed by atoms with Crippen LogP contribution in [0.5, 0.6) is 5.75 Å². The summed E-state index contributed by atoms with van der Waals surface area (Å²) in [5, 5.41) is 4.36. The van der Waals surface area contributed by atoms with E-state index in [1.165, 1.54) is 5.39 Å². The van der Waals surface area contributed by atoms with E-state index in [1.807, 2.05) is 43.3 Å². The summed E-state index contributed by atoms with van der Waals surface area (Å²) in [5.41, 5.74) is 4.48. The van der Waals surface area contributed by atoms with Crippen molar-refractivity contribution in [1.29, 1.82) is 0 Å². The fourth-order valence-electron chi connectivity index (χ4n) is 4.30. The van der Waals surface area contributed by atoms with Crippen molar-refractivity contribution in [2.75, 3.05) is 0 Å². The van der Waals surface area contributed by atoms with Gasteiger partial charge in [-0.05, 0) is 38.9 Å². The molecule has 0 aromatic heterocycles. The van der Waals surface area contributed by atoms with Crippen LogP contribution in [-0.2, 0) is 4.79 Å². The standard InChI is InChI=1S/C29H22O2.Na.H/c1-2-26(30)31-25-19-11-18-24-27(20-12-5-3-6-13-20)22-16-9-10-17-23(22)28(29(24)25)21-14-7-4-8-15-21;;/h3-19H,2H2,1H3;;. The Labute approximate surface area is 210 Å². The van der Waals surface area contributed by atoms with Gasteiger partial charge >= 0.3 is 35.5 Å². The van der Waals surface area contributed by atoms with Gasteiger partial charge in [-0.1, -0.05) is 104 Å². The van der Waals surface area contributed by atoms with E-state index in [1.54, 1.807) is 0 Å². The molecule has 32 heavy (non-hydrogen) atoms. The fraction of sp³-hybridized carbons (Fsp3) is 0.0690. The van der Waals surface area contributed by atoms with Crippen LogP contribution in [-0.4, -0.2) is 35.5 Å². The van der Waals surface area contributed by atoms with Gasteiger partial charge in [0.25, 0.3) is 0 Å². The average Bonchev–Trinajstić information content (AvgIpc) is 2.83. The third-order valence-electron chi connectivity index (χ3n) is 5.65. The summed E-state index contributed by atoms with van der Waals surface area (Å²) in [6.07, 6.45) is 0.330. The van der Waals surface area contributed by atoms with Gasteiger partial charge < -0.3 is 4.74 Å². The molecule has 0 saturated carbocycles. The van der Waals surface area contributed by atoms with Gasteiger partial charge in [0.2, 0.25) is 0 Å². The van der Waals surface area contributed by atoms with Gasteiger partial charge in [0.15, 0.2) is 0 Å². The Morgan fingerprint density at radius 2 is 1.12 bits per heavy atom. The van der Waals surface area contributed by atoms with Crippen LogP contribution in [0.15, 0.2) is 103 Å². The van der Waals surface area contributed by atoms with Crippen LogP contribution in [0.1, 0.15) is 13.3 Å². The van der Waals surface area contributed by atoms with E-state index in [2.05, 4.69) is 66.7 Å². The van der Waals surface area contributed by atoms with Crippen LogP contribution in [0, 0.1) is 0 Å². The van der Waals surface area contributed by atoms with Crippen molar-refractivity contribution in [2.24, 2.45) is 0 Å². The number of rotatable bonds is 4. The first kappa shape index (κ1) is 22.3. The number of benzene rings is 5. The predicted octanol–water partition coefficient (Wildman–Crippen LogP) is 6.99. The summed E-state index contributed by atoms with van der Waals surface area (Å²) < 4.78 is 5.84. The fourth-order valence-corrected chi connectivity index (χ4v) is 4.30. The van der Waals surface area contributed by atoms with Crippen molar-refractivity contribution in [3.8, 4) is 28.0 Å². The molecule has 0 atom stereocenters. The van der Waals surface area contributed by atoms with E-state index in [0.717, 1.165) is 38.4 Å². The van der Waals surface area contributed by atoms with Crippen molar-refractivity contribution in [3.05, 3.63) is 103 Å². The molecule has 0 spiro atoms. The molecule has 152 valence electrons. The second kappa shape index (κ2) is 9.70. The molecule has 0 fully saturated rings. The Kier molecular flexibility index (Phi) is 6.76. The number of hydrogen-bond acceptors (Lipinski definition) is 2. The molecule has 5 aromatic rings. The Morgan fingerprint density at radius 1 is 0.625 bits per heavy atom. The Bertz CT molecular complexity index is 1390. The van der Waals surface area contributed by atoms with Gasteiger partial charge in [-0.25, -0.2) is 0 Å². The third kappa shape index (κ3) is 3.98. The van der Waals surface area contributed by atoms with Crippen LogP contribution in [0.2, 0.25) is 0 Å². The Morgan fingerprint density at radius 3 is 1.72 bits per heavy atom. The van der Waals surface area contributed by atoms with Gasteiger partial charge in [-0.2, -0.15) is 0 Å². The van der Waals surface area contributed by atoms with Crippen LogP contribution >= 0.6 is 0 Å². The van der Waals surface area contributed by atoms with Crippen molar-refractivity contribution in [1.82, 2.24) is 0 Å². The number of hydrogen-bond donors (Lipinski definition) is 0. The molecule has 0 N–H and O–H groups in total. The molecule has 0 heterocycles. The summed E-state index contributed by atoms with van der Waals surface area (Å²) in [5.74, 6) is 0.368. The van der Waals surface area contributed by atoms with Gasteiger partial charge in [-0.3, -0.25) is 4.79 Å². The van der Waals surface area contributed by atoms with Gasteiger partial charge in [-0.15, -0.1) is 0 Å². The number of carbonyl (C=O) groups is 1. The van der Waals surface area contributed by atoms with Crippen LogP contribution in [0.3, 0.4) is 0 Å². The molecule has 2 nitrogen and oxygen atoms in total. The molecule has 5 rings (SSSR count). The average molecular weight is 426 g/mol. The normalized spacial score (nSPS) is 10.7. The topological polar surface area (TPSA) is 26.3 Å². The van der Waals surface area contributed by atoms with E-state index in [-0.39, 0.29) is 35.5 Å². The van der Waals surface area contributed by atoms with E-state index >= 15 is 0 Å². The quantitative estimate of drug-likeness (QED) is 0.134. The van der Waals surface area contributed by atoms with Crippen molar-refractivity contribution < 1.29 is 9.53 Å². The van der Waals surface area contributed by atoms with Crippen LogP contribution < -0.4 is 4.74 Å². The summed E-state index contributed by atoms with van der Waals surface area (Å²) in [7, 11) is 0. The molecule has 0 unspecified atom stereocenters.